The number of rotatable bonds is 3. The standard InChI is InChI=1S/C20H20N4O2S/c1-11-3-4-12-5-6-13(9-15(12)22-11)19(26)23-20-17(18(21)25)14-7-8-24(2)10-16(14)27-20/h3-6,9H,7-8,10H2,1-2H3,(H2,21,25)(H,23,26). The Kier molecular flexibility index (Phi) is 4.41. The third-order valence-electron chi connectivity index (χ3n) is 4.81. The quantitative estimate of drug-likeness (QED) is 0.731. The number of carbonyl (C=O) groups is 2. The number of carbonyl (C=O) groups excluding carboxylic acids is 2. The molecule has 3 N–H and O–H groups in total. The van der Waals surface area contributed by atoms with Crippen LogP contribution in [0.5, 0.6) is 0 Å². The van der Waals surface area contributed by atoms with Crippen molar-refractivity contribution < 1.29 is 9.59 Å². The Balaban J connectivity index is 1.68. The van der Waals surface area contributed by atoms with E-state index in [9.17, 15) is 9.59 Å². The lowest BCUT2D eigenvalue weighted by Crippen LogP contribution is -2.27. The normalized spacial score (nSPS) is 14.1. The van der Waals surface area contributed by atoms with E-state index in [1.165, 1.54) is 11.3 Å². The third kappa shape index (κ3) is 3.31. The van der Waals surface area contributed by atoms with Gasteiger partial charge in [0, 0.05) is 34.6 Å². The van der Waals surface area contributed by atoms with Gasteiger partial charge in [-0.05, 0) is 44.2 Å². The van der Waals surface area contributed by atoms with Gasteiger partial charge in [0.15, 0.2) is 0 Å². The molecule has 3 aromatic rings. The second kappa shape index (κ2) is 6.75. The number of likely N-dealkylation sites (N-methyl/N-ethyl adjacent to an activating group) is 1. The maximum atomic E-state index is 12.8. The molecule has 0 fully saturated rings. The van der Waals surface area contributed by atoms with Crippen LogP contribution in [-0.2, 0) is 13.0 Å². The number of thiophene rings is 1. The van der Waals surface area contributed by atoms with E-state index in [0.717, 1.165) is 46.5 Å². The summed E-state index contributed by atoms with van der Waals surface area (Å²) in [5, 5.41) is 4.40. The van der Waals surface area contributed by atoms with Crippen molar-refractivity contribution in [1.29, 1.82) is 0 Å². The number of benzene rings is 1. The second-order valence-electron chi connectivity index (χ2n) is 6.87. The minimum absolute atomic E-state index is 0.269. The van der Waals surface area contributed by atoms with Crippen LogP contribution in [0.15, 0.2) is 30.3 Å². The van der Waals surface area contributed by atoms with Gasteiger partial charge in [-0.1, -0.05) is 12.1 Å². The summed E-state index contributed by atoms with van der Waals surface area (Å²) in [6.45, 7) is 3.54. The van der Waals surface area contributed by atoms with E-state index in [2.05, 4.69) is 15.2 Å². The van der Waals surface area contributed by atoms with Gasteiger partial charge in [-0.15, -0.1) is 11.3 Å². The maximum absolute atomic E-state index is 12.8. The van der Waals surface area contributed by atoms with E-state index in [4.69, 9.17) is 5.73 Å². The van der Waals surface area contributed by atoms with Gasteiger partial charge in [0.2, 0.25) is 0 Å². The van der Waals surface area contributed by atoms with Crippen molar-refractivity contribution in [3.8, 4) is 0 Å². The monoisotopic (exact) mass is 380 g/mol. The highest BCUT2D eigenvalue weighted by Gasteiger charge is 2.26. The highest BCUT2D eigenvalue weighted by molar-refractivity contribution is 7.17. The molecule has 2 aromatic heterocycles. The van der Waals surface area contributed by atoms with E-state index in [1.54, 1.807) is 12.1 Å². The van der Waals surface area contributed by atoms with Crippen LogP contribution in [0.4, 0.5) is 5.00 Å². The number of aryl methyl sites for hydroxylation is 1. The Morgan fingerprint density at radius 1 is 1.26 bits per heavy atom. The molecule has 0 radical (unpaired) electrons. The zero-order valence-electron chi connectivity index (χ0n) is 15.2. The van der Waals surface area contributed by atoms with Crippen LogP contribution in [0.1, 0.15) is 36.9 Å². The van der Waals surface area contributed by atoms with Gasteiger partial charge in [-0.3, -0.25) is 14.6 Å². The van der Waals surface area contributed by atoms with Gasteiger partial charge in [0.05, 0.1) is 11.1 Å². The molecule has 6 nitrogen and oxygen atoms in total. The highest BCUT2D eigenvalue weighted by atomic mass is 32.1. The fraction of sp³-hybridized carbons (Fsp3) is 0.250. The lowest BCUT2D eigenvalue weighted by Gasteiger charge is -2.22. The first kappa shape index (κ1) is 17.6. The Hall–Kier alpha value is -2.77. The minimum Gasteiger partial charge on any atom is -0.365 e. The van der Waals surface area contributed by atoms with Crippen LogP contribution < -0.4 is 11.1 Å². The van der Waals surface area contributed by atoms with Crippen LogP contribution in [-0.4, -0.2) is 35.3 Å². The predicted octanol–water partition coefficient (Wildman–Crippen LogP) is 2.94. The zero-order valence-corrected chi connectivity index (χ0v) is 16.0. The lowest BCUT2D eigenvalue weighted by molar-refractivity contribution is 0.1000. The summed E-state index contributed by atoms with van der Waals surface area (Å²) in [7, 11) is 2.04. The molecule has 7 heteroatoms. The Labute approximate surface area is 161 Å². The first-order valence-corrected chi connectivity index (χ1v) is 9.55. The van der Waals surface area contributed by atoms with Gasteiger partial charge in [0.1, 0.15) is 5.00 Å². The molecule has 0 spiro atoms. The van der Waals surface area contributed by atoms with E-state index in [-0.39, 0.29) is 5.91 Å². The van der Waals surface area contributed by atoms with E-state index < -0.39 is 5.91 Å². The first-order valence-electron chi connectivity index (χ1n) is 8.74. The van der Waals surface area contributed by atoms with Crippen LogP contribution in [0.25, 0.3) is 10.9 Å². The molecule has 0 bridgehead atoms. The number of hydrogen-bond donors (Lipinski definition) is 2. The number of amides is 2. The molecule has 0 saturated carbocycles. The van der Waals surface area contributed by atoms with Crippen LogP contribution in [0.3, 0.4) is 0 Å². The van der Waals surface area contributed by atoms with Gasteiger partial charge in [-0.25, -0.2) is 0 Å². The summed E-state index contributed by atoms with van der Waals surface area (Å²) in [5.74, 6) is -0.766. The number of nitrogens with two attached hydrogens (primary N) is 1. The van der Waals surface area contributed by atoms with Gasteiger partial charge < -0.3 is 16.0 Å². The topological polar surface area (TPSA) is 88.3 Å². The molecule has 4 rings (SSSR count). The fourth-order valence-electron chi connectivity index (χ4n) is 3.42. The molecule has 3 heterocycles. The van der Waals surface area contributed by atoms with Crippen molar-refractivity contribution in [3.63, 3.8) is 0 Å². The van der Waals surface area contributed by atoms with E-state index >= 15 is 0 Å². The van der Waals surface area contributed by atoms with Gasteiger partial charge in [-0.2, -0.15) is 0 Å². The van der Waals surface area contributed by atoms with Gasteiger partial charge >= 0.3 is 0 Å². The molecule has 0 atom stereocenters. The Bertz CT molecular complexity index is 1070. The summed E-state index contributed by atoms with van der Waals surface area (Å²) >= 11 is 1.43. The molecule has 2 amide bonds. The average Bonchev–Trinajstić information content (AvgIpc) is 2.97. The zero-order chi connectivity index (χ0) is 19.1. The maximum Gasteiger partial charge on any atom is 0.256 e. The Morgan fingerprint density at radius 2 is 2.04 bits per heavy atom. The first-order chi connectivity index (χ1) is 12.9. The van der Waals surface area contributed by atoms with Crippen LogP contribution in [0, 0.1) is 6.92 Å². The number of hydrogen-bond acceptors (Lipinski definition) is 5. The molecule has 0 unspecified atom stereocenters. The summed E-state index contributed by atoms with van der Waals surface area (Å²) in [6, 6.07) is 9.33. The van der Waals surface area contributed by atoms with Crippen molar-refractivity contribution in [2.45, 2.75) is 19.9 Å². The molecular formula is C20H20N4O2S. The molecule has 27 heavy (non-hydrogen) atoms. The van der Waals surface area contributed by atoms with Crippen molar-refractivity contribution in [3.05, 3.63) is 57.6 Å². The minimum atomic E-state index is -0.497. The summed E-state index contributed by atoms with van der Waals surface area (Å²) in [5.41, 5.74) is 9.20. The molecule has 1 aromatic carbocycles. The third-order valence-corrected chi connectivity index (χ3v) is 5.95. The smallest absolute Gasteiger partial charge is 0.256 e. The molecule has 1 aliphatic heterocycles. The van der Waals surface area contributed by atoms with Gasteiger partial charge in [0.25, 0.3) is 11.8 Å². The number of nitrogens with zero attached hydrogens (tertiary/aromatic N) is 2. The van der Waals surface area contributed by atoms with E-state index in [1.807, 2.05) is 32.2 Å². The molecule has 138 valence electrons. The number of nitrogens with one attached hydrogen (secondary N) is 1. The summed E-state index contributed by atoms with van der Waals surface area (Å²) < 4.78 is 0. The number of aromatic nitrogens is 1. The molecule has 1 aliphatic rings. The van der Waals surface area contributed by atoms with Crippen molar-refractivity contribution >= 4 is 39.1 Å². The summed E-state index contributed by atoms with van der Waals surface area (Å²) in [6.07, 6.45) is 0.760. The summed E-state index contributed by atoms with van der Waals surface area (Å²) in [4.78, 5) is 32.6. The predicted molar refractivity (Wildman–Crippen MR) is 107 cm³/mol. The molecular weight excluding hydrogens is 360 g/mol. The number of anilines is 1. The largest absolute Gasteiger partial charge is 0.365 e. The number of primary amides is 1. The van der Waals surface area contributed by atoms with Crippen LogP contribution >= 0.6 is 11.3 Å². The SMILES string of the molecule is Cc1ccc2ccc(C(=O)Nc3sc4c(c3C(N)=O)CCN(C)C4)cc2n1. The average molecular weight is 380 g/mol. The molecule has 0 aliphatic carbocycles. The lowest BCUT2D eigenvalue weighted by atomic mass is 10.0. The van der Waals surface area contributed by atoms with Crippen LogP contribution in [0.2, 0.25) is 0 Å². The molecule has 0 saturated heterocycles. The number of pyridine rings is 1. The van der Waals surface area contributed by atoms with Crippen molar-refractivity contribution in [2.24, 2.45) is 5.73 Å². The van der Waals surface area contributed by atoms with Crippen molar-refractivity contribution in [1.82, 2.24) is 9.88 Å². The van der Waals surface area contributed by atoms with E-state index in [0.29, 0.717) is 16.1 Å². The highest BCUT2D eigenvalue weighted by Crippen LogP contribution is 2.36. The Morgan fingerprint density at radius 3 is 2.81 bits per heavy atom. The fourth-order valence-corrected chi connectivity index (χ4v) is 4.74. The van der Waals surface area contributed by atoms with Crippen molar-refractivity contribution in [2.75, 3.05) is 18.9 Å². The second-order valence-corrected chi connectivity index (χ2v) is 7.98. The number of fused-ring (bicyclic) bond motifs is 2.